The lowest BCUT2D eigenvalue weighted by atomic mass is 9.90. The first-order chi connectivity index (χ1) is 9.69. The number of rotatable bonds is 5. The van der Waals surface area contributed by atoms with Crippen molar-refractivity contribution in [2.24, 2.45) is 5.92 Å². The number of halogens is 1. The van der Waals surface area contributed by atoms with Crippen molar-refractivity contribution >= 4 is 11.6 Å². The molecule has 0 bridgehead atoms. The minimum Gasteiger partial charge on any atom is -0.314 e. The van der Waals surface area contributed by atoms with E-state index >= 15 is 0 Å². The summed E-state index contributed by atoms with van der Waals surface area (Å²) in [7, 11) is 0. The van der Waals surface area contributed by atoms with Crippen LogP contribution in [0.25, 0.3) is 0 Å². The predicted octanol–water partition coefficient (Wildman–Crippen LogP) is 5.14. The van der Waals surface area contributed by atoms with E-state index < -0.39 is 0 Å². The molecule has 2 heteroatoms. The standard InChI is InChI=1S/C18H28ClN/c1-3-10-20-17-7-5-4-6-15(13-17)12-16-9-8-14(2)11-18(16)19/h8-9,11,15,17,20H,3-7,10,12-13H2,1-2H3. The molecule has 1 aliphatic carbocycles. The molecular formula is C18H28ClN. The fourth-order valence-corrected chi connectivity index (χ4v) is 3.62. The monoisotopic (exact) mass is 293 g/mol. The number of benzene rings is 1. The second-order valence-corrected chi connectivity index (χ2v) is 6.74. The Morgan fingerprint density at radius 3 is 2.80 bits per heavy atom. The largest absolute Gasteiger partial charge is 0.314 e. The highest BCUT2D eigenvalue weighted by molar-refractivity contribution is 6.31. The minimum atomic E-state index is 0.715. The molecule has 1 aliphatic rings. The van der Waals surface area contributed by atoms with Crippen molar-refractivity contribution in [1.82, 2.24) is 5.32 Å². The highest BCUT2D eigenvalue weighted by Gasteiger charge is 2.20. The molecule has 2 unspecified atom stereocenters. The molecule has 0 spiro atoms. The van der Waals surface area contributed by atoms with Gasteiger partial charge in [-0.3, -0.25) is 0 Å². The van der Waals surface area contributed by atoms with Crippen LogP contribution in [0.4, 0.5) is 0 Å². The fourth-order valence-electron chi connectivity index (χ4n) is 3.31. The van der Waals surface area contributed by atoms with Gasteiger partial charge in [0.2, 0.25) is 0 Å². The lowest BCUT2D eigenvalue weighted by Gasteiger charge is -2.21. The number of hydrogen-bond donors (Lipinski definition) is 1. The lowest BCUT2D eigenvalue weighted by Crippen LogP contribution is -2.31. The van der Waals surface area contributed by atoms with Gasteiger partial charge in [-0.1, -0.05) is 49.9 Å². The number of hydrogen-bond acceptors (Lipinski definition) is 1. The first kappa shape index (κ1) is 15.9. The van der Waals surface area contributed by atoms with Gasteiger partial charge in [-0.05, 0) is 62.3 Å². The molecule has 0 radical (unpaired) electrons. The Balaban J connectivity index is 1.96. The summed E-state index contributed by atoms with van der Waals surface area (Å²) in [5.41, 5.74) is 2.58. The van der Waals surface area contributed by atoms with E-state index in [4.69, 9.17) is 11.6 Å². The highest BCUT2D eigenvalue weighted by Crippen LogP contribution is 2.29. The average Bonchev–Trinajstić information content (AvgIpc) is 2.65. The van der Waals surface area contributed by atoms with E-state index in [1.807, 2.05) is 0 Å². The Bertz CT molecular complexity index is 416. The summed E-state index contributed by atoms with van der Waals surface area (Å²) < 4.78 is 0. The summed E-state index contributed by atoms with van der Waals surface area (Å²) in [5.74, 6) is 0.784. The SMILES string of the molecule is CCCNC1CCCCC(Cc2ccc(C)cc2Cl)C1. The van der Waals surface area contributed by atoms with Crippen LogP contribution < -0.4 is 5.32 Å². The van der Waals surface area contributed by atoms with E-state index in [0.29, 0.717) is 6.04 Å². The van der Waals surface area contributed by atoms with Gasteiger partial charge in [0.05, 0.1) is 0 Å². The Morgan fingerprint density at radius 1 is 1.25 bits per heavy atom. The van der Waals surface area contributed by atoms with E-state index in [2.05, 4.69) is 37.4 Å². The fraction of sp³-hybridized carbons (Fsp3) is 0.667. The summed E-state index contributed by atoms with van der Waals surface area (Å²) in [6, 6.07) is 7.22. The van der Waals surface area contributed by atoms with Gasteiger partial charge < -0.3 is 5.32 Å². The second kappa shape index (κ2) is 8.05. The van der Waals surface area contributed by atoms with Gasteiger partial charge in [0.1, 0.15) is 0 Å². The normalized spacial score (nSPS) is 23.6. The van der Waals surface area contributed by atoms with Crippen LogP contribution >= 0.6 is 11.6 Å². The Morgan fingerprint density at radius 2 is 2.05 bits per heavy atom. The third kappa shape index (κ3) is 4.79. The molecule has 0 heterocycles. The first-order valence-corrected chi connectivity index (χ1v) is 8.55. The van der Waals surface area contributed by atoms with Crippen LogP contribution in [0.5, 0.6) is 0 Å². The van der Waals surface area contributed by atoms with Crippen molar-refractivity contribution in [3.05, 3.63) is 34.3 Å². The van der Waals surface area contributed by atoms with Crippen LogP contribution in [0, 0.1) is 12.8 Å². The van der Waals surface area contributed by atoms with Crippen LogP contribution in [-0.2, 0) is 6.42 Å². The molecule has 0 amide bonds. The van der Waals surface area contributed by atoms with Crippen LogP contribution in [0.3, 0.4) is 0 Å². The Hall–Kier alpha value is -0.530. The van der Waals surface area contributed by atoms with E-state index in [-0.39, 0.29) is 0 Å². The van der Waals surface area contributed by atoms with Gasteiger partial charge in [-0.2, -0.15) is 0 Å². The maximum atomic E-state index is 6.39. The van der Waals surface area contributed by atoms with Crippen LogP contribution in [0.1, 0.15) is 56.6 Å². The Labute approximate surface area is 129 Å². The smallest absolute Gasteiger partial charge is 0.0440 e. The number of aryl methyl sites for hydroxylation is 1. The molecule has 20 heavy (non-hydrogen) atoms. The Kier molecular flexibility index (Phi) is 6.38. The zero-order valence-corrected chi connectivity index (χ0v) is 13.7. The van der Waals surface area contributed by atoms with Crippen molar-refractivity contribution in [3.63, 3.8) is 0 Å². The van der Waals surface area contributed by atoms with Crippen LogP contribution in [0.15, 0.2) is 18.2 Å². The highest BCUT2D eigenvalue weighted by atomic mass is 35.5. The number of nitrogens with one attached hydrogen (secondary N) is 1. The molecule has 1 aromatic carbocycles. The predicted molar refractivity (Wildman–Crippen MR) is 88.5 cm³/mol. The summed E-state index contributed by atoms with van der Waals surface area (Å²) in [6.45, 7) is 5.50. The topological polar surface area (TPSA) is 12.0 Å². The summed E-state index contributed by atoms with van der Waals surface area (Å²) in [6.07, 6.45) is 9.13. The molecule has 1 fully saturated rings. The van der Waals surface area contributed by atoms with Gasteiger partial charge in [-0.25, -0.2) is 0 Å². The third-order valence-corrected chi connectivity index (χ3v) is 4.78. The minimum absolute atomic E-state index is 0.715. The second-order valence-electron chi connectivity index (χ2n) is 6.34. The summed E-state index contributed by atoms with van der Waals surface area (Å²) >= 11 is 6.39. The molecule has 0 aliphatic heterocycles. The van der Waals surface area contributed by atoms with Gasteiger partial charge in [0.15, 0.2) is 0 Å². The van der Waals surface area contributed by atoms with Gasteiger partial charge in [0.25, 0.3) is 0 Å². The van der Waals surface area contributed by atoms with Crippen molar-refractivity contribution in [1.29, 1.82) is 0 Å². The van der Waals surface area contributed by atoms with E-state index in [1.165, 1.54) is 49.7 Å². The van der Waals surface area contributed by atoms with Gasteiger partial charge >= 0.3 is 0 Å². The molecule has 1 saturated carbocycles. The molecule has 1 aromatic rings. The maximum absolute atomic E-state index is 6.39. The molecule has 112 valence electrons. The summed E-state index contributed by atoms with van der Waals surface area (Å²) in [5, 5.41) is 4.67. The van der Waals surface area contributed by atoms with Crippen molar-refractivity contribution in [2.75, 3.05) is 6.54 Å². The maximum Gasteiger partial charge on any atom is 0.0440 e. The van der Waals surface area contributed by atoms with Crippen LogP contribution in [0.2, 0.25) is 5.02 Å². The zero-order valence-electron chi connectivity index (χ0n) is 12.9. The third-order valence-electron chi connectivity index (χ3n) is 4.43. The molecule has 1 N–H and O–H groups in total. The van der Waals surface area contributed by atoms with Crippen molar-refractivity contribution in [3.8, 4) is 0 Å². The van der Waals surface area contributed by atoms with Gasteiger partial charge in [0, 0.05) is 11.1 Å². The molecular weight excluding hydrogens is 266 g/mol. The zero-order chi connectivity index (χ0) is 14.4. The summed E-state index contributed by atoms with van der Waals surface area (Å²) in [4.78, 5) is 0. The molecule has 1 nitrogen and oxygen atoms in total. The lowest BCUT2D eigenvalue weighted by molar-refractivity contribution is 0.384. The van der Waals surface area contributed by atoms with Gasteiger partial charge in [-0.15, -0.1) is 0 Å². The van der Waals surface area contributed by atoms with Crippen molar-refractivity contribution < 1.29 is 0 Å². The first-order valence-electron chi connectivity index (χ1n) is 8.17. The molecule has 2 rings (SSSR count). The molecule has 2 atom stereocenters. The molecule has 0 saturated heterocycles. The average molecular weight is 294 g/mol. The van der Waals surface area contributed by atoms with E-state index in [1.54, 1.807) is 0 Å². The van der Waals surface area contributed by atoms with E-state index in [9.17, 15) is 0 Å². The van der Waals surface area contributed by atoms with Crippen LogP contribution in [-0.4, -0.2) is 12.6 Å². The molecule has 0 aromatic heterocycles. The quantitative estimate of drug-likeness (QED) is 0.741. The van der Waals surface area contributed by atoms with E-state index in [0.717, 1.165) is 23.9 Å². The van der Waals surface area contributed by atoms with Crippen molar-refractivity contribution in [2.45, 2.75) is 64.8 Å².